The summed E-state index contributed by atoms with van der Waals surface area (Å²) >= 11 is 10.5. The quantitative estimate of drug-likeness (QED) is 0.564. The maximum Gasteiger partial charge on any atom is 0.222 e. The van der Waals surface area contributed by atoms with Gasteiger partial charge in [-0.3, -0.25) is 4.79 Å². The van der Waals surface area contributed by atoms with Crippen LogP contribution >= 0.6 is 50.7 Å². The van der Waals surface area contributed by atoms with E-state index < -0.39 is 0 Å². The first-order valence-corrected chi connectivity index (χ1v) is 6.30. The minimum absolute atomic E-state index is 0.181. The van der Waals surface area contributed by atoms with Gasteiger partial charge in [-0.15, -0.1) is 0 Å². The second kappa shape index (κ2) is 5.76. The largest absolute Gasteiger partial charge is 0.332 e. The first kappa shape index (κ1) is 12.9. The highest BCUT2D eigenvalue weighted by atomic mass is 127. The van der Waals surface area contributed by atoms with E-state index in [1.165, 1.54) is 6.92 Å². The number of benzene rings is 1. The van der Waals surface area contributed by atoms with E-state index in [-0.39, 0.29) is 5.91 Å². The van der Waals surface area contributed by atoms with Gasteiger partial charge in [0, 0.05) is 15.0 Å². The number of halogens is 2. The number of nitrogens with one attached hydrogen (secondary N) is 2. The standard InChI is InChI=1S/C9H8BrIN2OS/c1-5(14)12-9(15)13-8-3-2-6(10)4-7(8)11/h2-4H,1H3,(H2,12,13,14,15). The maximum atomic E-state index is 10.7. The van der Waals surface area contributed by atoms with E-state index in [0.29, 0.717) is 5.11 Å². The Morgan fingerprint density at radius 1 is 1.53 bits per heavy atom. The Balaban J connectivity index is 2.72. The number of hydrogen-bond donors (Lipinski definition) is 2. The van der Waals surface area contributed by atoms with Crippen LogP contribution in [0.4, 0.5) is 5.69 Å². The van der Waals surface area contributed by atoms with Crippen LogP contribution in [0.15, 0.2) is 22.7 Å². The van der Waals surface area contributed by atoms with Gasteiger partial charge in [0.2, 0.25) is 5.91 Å². The Kier molecular flexibility index (Phi) is 4.94. The van der Waals surface area contributed by atoms with Crippen molar-refractivity contribution in [1.82, 2.24) is 5.32 Å². The van der Waals surface area contributed by atoms with Crippen LogP contribution in [0.1, 0.15) is 6.92 Å². The topological polar surface area (TPSA) is 41.1 Å². The SMILES string of the molecule is CC(=O)NC(=S)Nc1ccc(Br)cc1I. The Morgan fingerprint density at radius 3 is 2.73 bits per heavy atom. The molecule has 0 heterocycles. The fraction of sp³-hybridized carbons (Fsp3) is 0.111. The third kappa shape index (κ3) is 4.43. The summed E-state index contributed by atoms with van der Waals surface area (Å²) in [7, 11) is 0. The van der Waals surface area contributed by atoms with Crippen LogP contribution < -0.4 is 10.6 Å². The summed E-state index contributed by atoms with van der Waals surface area (Å²) in [6, 6.07) is 5.75. The van der Waals surface area contributed by atoms with Crippen molar-refractivity contribution in [3.05, 3.63) is 26.2 Å². The third-order valence-corrected chi connectivity index (χ3v) is 3.06. The minimum Gasteiger partial charge on any atom is -0.332 e. The van der Waals surface area contributed by atoms with E-state index >= 15 is 0 Å². The molecule has 3 nitrogen and oxygen atoms in total. The van der Waals surface area contributed by atoms with Crippen molar-refractivity contribution in [3.63, 3.8) is 0 Å². The number of hydrogen-bond acceptors (Lipinski definition) is 2. The fourth-order valence-corrected chi connectivity index (χ4v) is 2.60. The van der Waals surface area contributed by atoms with E-state index in [0.717, 1.165) is 13.7 Å². The maximum absolute atomic E-state index is 10.7. The predicted molar refractivity (Wildman–Crippen MR) is 76.9 cm³/mol. The van der Waals surface area contributed by atoms with Gasteiger partial charge in [-0.2, -0.15) is 0 Å². The molecule has 1 aromatic rings. The van der Waals surface area contributed by atoms with Crippen LogP contribution in [0.5, 0.6) is 0 Å². The van der Waals surface area contributed by atoms with Gasteiger partial charge in [0.1, 0.15) is 0 Å². The van der Waals surface area contributed by atoms with Gasteiger partial charge in [0.25, 0.3) is 0 Å². The van der Waals surface area contributed by atoms with Crippen molar-refractivity contribution in [3.8, 4) is 0 Å². The number of rotatable bonds is 1. The fourth-order valence-electron chi connectivity index (χ4n) is 0.904. The van der Waals surface area contributed by atoms with E-state index in [4.69, 9.17) is 12.2 Å². The van der Waals surface area contributed by atoms with Crippen LogP contribution in [0.25, 0.3) is 0 Å². The van der Waals surface area contributed by atoms with Crippen LogP contribution in [-0.4, -0.2) is 11.0 Å². The third-order valence-electron chi connectivity index (χ3n) is 1.47. The molecule has 1 aromatic carbocycles. The summed E-state index contributed by atoms with van der Waals surface area (Å²) in [5, 5.41) is 5.75. The van der Waals surface area contributed by atoms with Crippen molar-refractivity contribution >= 4 is 67.4 Å². The number of anilines is 1. The zero-order valence-corrected chi connectivity index (χ0v) is 12.4. The highest BCUT2D eigenvalue weighted by Crippen LogP contribution is 2.22. The molecule has 0 saturated carbocycles. The highest BCUT2D eigenvalue weighted by molar-refractivity contribution is 14.1. The van der Waals surface area contributed by atoms with Crippen molar-refractivity contribution in [2.24, 2.45) is 0 Å². The molecule has 0 aliphatic rings. The molecule has 0 fully saturated rings. The number of carbonyl (C=O) groups is 1. The van der Waals surface area contributed by atoms with Gasteiger partial charge in [0.05, 0.1) is 5.69 Å². The van der Waals surface area contributed by atoms with Crippen molar-refractivity contribution < 1.29 is 4.79 Å². The van der Waals surface area contributed by atoms with Gasteiger partial charge >= 0.3 is 0 Å². The van der Waals surface area contributed by atoms with Gasteiger partial charge in [-0.1, -0.05) is 15.9 Å². The van der Waals surface area contributed by atoms with Crippen molar-refractivity contribution in [1.29, 1.82) is 0 Å². The van der Waals surface area contributed by atoms with Gasteiger partial charge < -0.3 is 10.6 Å². The second-order valence-corrected chi connectivity index (χ2v) is 5.25. The lowest BCUT2D eigenvalue weighted by atomic mass is 10.3. The van der Waals surface area contributed by atoms with Crippen molar-refractivity contribution in [2.75, 3.05) is 5.32 Å². The predicted octanol–water partition coefficient (Wildman–Crippen LogP) is 2.89. The second-order valence-electron chi connectivity index (χ2n) is 2.76. The summed E-state index contributed by atoms with van der Waals surface area (Å²) in [5.41, 5.74) is 0.873. The molecular formula is C9H8BrIN2OS. The van der Waals surface area contributed by atoms with Crippen LogP contribution in [0, 0.1) is 3.57 Å². The Morgan fingerprint density at radius 2 is 2.20 bits per heavy atom. The number of carbonyl (C=O) groups excluding carboxylic acids is 1. The summed E-state index contributed by atoms with van der Waals surface area (Å²) in [6.45, 7) is 1.42. The molecule has 15 heavy (non-hydrogen) atoms. The molecule has 6 heteroatoms. The van der Waals surface area contributed by atoms with E-state index in [1.54, 1.807) is 0 Å². The molecular weight excluding hydrogens is 391 g/mol. The van der Waals surface area contributed by atoms with Crippen LogP contribution in [0.2, 0.25) is 0 Å². The molecule has 0 radical (unpaired) electrons. The molecule has 1 amide bonds. The molecule has 80 valence electrons. The first-order valence-electron chi connectivity index (χ1n) is 4.02. The molecule has 0 bridgehead atoms. The zero-order valence-electron chi connectivity index (χ0n) is 7.80. The molecule has 0 saturated heterocycles. The highest BCUT2D eigenvalue weighted by Gasteiger charge is 2.03. The lowest BCUT2D eigenvalue weighted by molar-refractivity contribution is -0.117. The summed E-state index contributed by atoms with van der Waals surface area (Å²) in [6.07, 6.45) is 0. The smallest absolute Gasteiger partial charge is 0.222 e. The van der Waals surface area contributed by atoms with E-state index in [9.17, 15) is 4.79 Å². The first-order chi connectivity index (χ1) is 6.99. The van der Waals surface area contributed by atoms with E-state index in [1.807, 2.05) is 18.2 Å². The zero-order chi connectivity index (χ0) is 11.4. The van der Waals surface area contributed by atoms with E-state index in [2.05, 4.69) is 49.2 Å². The number of thiocarbonyl (C=S) groups is 1. The molecule has 1 rings (SSSR count). The Hall–Kier alpha value is -0.210. The average Bonchev–Trinajstić information content (AvgIpc) is 2.08. The lowest BCUT2D eigenvalue weighted by Gasteiger charge is -2.09. The summed E-state index contributed by atoms with van der Waals surface area (Å²) in [4.78, 5) is 10.7. The molecule has 0 aromatic heterocycles. The molecule has 0 aliphatic heterocycles. The monoisotopic (exact) mass is 398 g/mol. The van der Waals surface area contributed by atoms with Gasteiger partial charge in [0.15, 0.2) is 5.11 Å². The Bertz CT molecular complexity index is 411. The normalized spacial score (nSPS) is 9.53. The van der Waals surface area contributed by atoms with Crippen LogP contribution in [-0.2, 0) is 4.79 Å². The molecule has 2 N–H and O–H groups in total. The van der Waals surface area contributed by atoms with Crippen LogP contribution in [0.3, 0.4) is 0 Å². The minimum atomic E-state index is -0.181. The van der Waals surface area contributed by atoms with Gasteiger partial charge in [-0.05, 0) is 53.0 Å². The summed E-state index contributed by atoms with van der Waals surface area (Å²) in [5.74, 6) is -0.181. The van der Waals surface area contributed by atoms with Gasteiger partial charge in [-0.25, -0.2) is 0 Å². The summed E-state index contributed by atoms with van der Waals surface area (Å²) < 4.78 is 2.03. The molecule has 0 spiro atoms. The average molecular weight is 399 g/mol. The molecule has 0 atom stereocenters. The Labute approximate surface area is 115 Å². The molecule has 0 aliphatic carbocycles. The molecule has 0 unspecified atom stereocenters. The van der Waals surface area contributed by atoms with Crippen molar-refractivity contribution in [2.45, 2.75) is 6.92 Å². The number of amides is 1. The lowest BCUT2D eigenvalue weighted by Crippen LogP contribution is -2.32.